The topological polar surface area (TPSA) is 96.8 Å². The lowest BCUT2D eigenvalue weighted by Crippen LogP contribution is -2.39. The largest absolute Gasteiger partial charge is 0.380 e. The minimum Gasteiger partial charge on any atom is -0.380 e. The molecule has 0 saturated carbocycles. The number of unbranched alkanes of at least 4 members (excludes halogenated alkanes) is 1. The number of H-pyrrole nitrogens is 1. The lowest BCUT2D eigenvalue weighted by atomic mass is 10.1. The number of ether oxygens (including phenoxy) is 1. The molecule has 3 aromatic heterocycles. The second-order valence-electron chi connectivity index (χ2n) is 9.24. The molecule has 1 unspecified atom stereocenters. The molecule has 0 aliphatic carbocycles. The SMILES string of the molecule is CNc1ncnc2c1ncn2CCC(CN(CCCCc1nc2c(F)cc(F)cc2[nH]1)C(C)C)OC. The molecule has 11 heteroatoms. The highest BCUT2D eigenvalue weighted by Crippen LogP contribution is 2.19. The summed E-state index contributed by atoms with van der Waals surface area (Å²) in [7, 11) is 3.57. The van der Waals surface area contributed by atoms with E-state index in [1.54, 1.807) is 19.8 Å². The van der Waals surface area contributed by atoms with E-state index in [0.29, 0.717) is 29.6 Å². The molecule has 1 aromatic carbocycles. The van der Waals surface area contributed by atoms with Gasteiger partial charge in [-0.05, 0) is 45.7 Å². The van der Waals surface area contributed by atoms with Crippen LogP contribution in [0.3, 0.4) is 0 Å². The molecule has 0 bridgehead atoms. The monoisotopic (exact) mass is 500 g/mol. The minimum absolute atomic E-state index is 0.0590. The second kappa shape index (κ2) is 11.7. The van der Waals surface area contributed by atoms with Gasteiger partial charge in [-0.15, -0.1) is 0 Å². The van der Waals surface area contributed by atoms with Crippen molar-refractivity contribution in [2.24, 2.45) is 0 Å². The molecule has 0 aliphatic rings. The summed E-state index contributed by atoms with van der Waals surface area (Å²) in [4.78, 5) is 22.8. The van der Waals surface area contributed by atoms with Gasteiger partial charge in [0.1, 0.15) is 29.0 Å². The molecule has 194 valence electrons. The van der Waals surface area contributed by atoms with Gasteiger partial charge in [0.25, 0.3) is 0 Å². The molecule has 0 radical (unpaired) electrons. The molecule has 36 heavy (non-hydrogen) atoms. The zero-order valence-corrected chi connectivity index (χ0v) is 21.3. The molecule has 0 aliphatic heterocycles. The van der Waals surface area contributed by atoms with E-state index in [-0.39, 0.29) is 11.6 Å². The fourth-order valence-corrected chi connectivity index (χ4v) is 4.43. The highest BCUT2D eigenvalue weighted by molar-refractivity contribution is 5.82. The van der Waals surface area contributed by atoms with Crippen LogP contribution in [-0.4, -0.2) is 73.8 Å². The molecule has 2 N–H and O–H groups in total. The number of hydrogen-bond donors (Lipinski definition) is 2. The molecular formula is C25H34F2N8O. The van der Waals surface area contributed by atoms with Gasteiger partial charge in [-0.25, -0.2) is 28.7 Å². The maximum absolute atomic E-state index is 13.9. The summed E-state index contributed by atoms with van der Waals surface area (Å²) in [6, 6.07) is 2.51. The first kappa shape index (κ1) is 25.9. The Morgan fingerprint density at radius 2 is 1.97 bits per heavy atom. The van der Waals surface area contributed by atoms with Gasteiger partial charge >= 0.3 is 0 Å². The van der Waals surface area contributed by atoms with E-state index in [2.05, 4.69) is 49.0 Å². The van der Waals surface area contributed by atoms with Crippen molar-refractivity contribution in [3.05, 3.63) is 42.2 Å². The Balaban J connectivity index is 1.28. The smallest absolute Gasteiger partial charge is 0.165 e. The Hall–Kier alpha value is -3.18. The number of aromatic nitrogens is 6. The number of aromatic amines is 1. The summed E-state index contributed by atoms with van der Waals surface area (Å²) in [5, 5.41) is 3.05. The number of methoxy groups -OCH3 is 1. The van der Waals surface area contributed by atoms with Crippen LogP contribution in [0.1, 0.15) is 38.9 Å². The van der Waals surface area contributed by atoms with Crippen LogP contribution in [0.5, 0.6) is 0 Å². The Morgan fingerprint density at radius 3 is 2.72 bits per heavy atom. The summed E-state index contributed by atoms with van der Waals surface area (Å²) in [5.74, 6) is 0.154. The standard InChI is InChI=1S/C25H34F2N8O/c1-16(2)34(9-6-5-7-21-32-20-12-17(26)11-19(27)22(20)33-21)13-18(36-4)8-10-35-15-31-23-24(28-3)29-14-30-25(23)35/h11-12,14-16,18H,5-10,13H2,1-4H3,(H,32,33)(H,28,29,30). The van der Waals surface area contributed by atoms with Crippen molar-refractivity contribution in [3.8, 4) is 0 Å². The predicted molar refractivity (Wildman–Crippen MR) is 136 cm³/mol. The third-order valence-corrected chi connectivity index (χ3v) is 6.49. The van der Waals surface area contributed by atoms with Crippen LogP contribution in [0, 0.1) is 11.6 Å². The maximum atomic E-state index is 13.9. The van der Waals surface area contributed by atoms with E-state index >= 15 is 0 Å². The minimum atomic E-state index is -0.636. The Morgan fingerprint density at radius 1 is 1.14 bits per heavy atom. The summed E-state index contributed by atoms with van der Waals surface area (Å²) in [6.45, 7) is 6.83. The van der Waals surface area contributed by atoms with Crippen LogP contribution >= 0.6 is 0 Å². The van der Waals surface area contributed by atoms with Crippen molar-refractivity contribution in [2.75, 3.05) is 32.6 Å². The van der Waals surface area contributed by atoms with Crippen molar-refractivity contribution in [2.45, 2.75) is 58.2 Å². The number of aryl methyl sites for hydroxylation is 2. The average molecular weight is 501 g/mol. The normalized spacial score (nSPS) is 12.9. The van der Waals surface area contributed by atoms with Gasteiger partial charge in [0.2, 0.25) is 0 Å². The number of hydrogen-bond acceptors (Lipinski definition) is 7. The van der Waals surface area contributed by atoms with Crippen molar-refractivity contribution in [3.63, 3.8) is 0 Å². The first-order chi connectivity index (χ1) is 17.4. The lowest BCUT2D eigenvalue weighted by Gasteiger charge is -2.30. The number of anilines is 1. The van der Waals surface area contributed by atoms with E-state index in [9.17, 15) is 8.78 Å². The summed E-state index contributed by atoms with van der Waals surface area (Å²) < 4.78 is 35.2. The van der Waals surface area contributed by atoms with Gasteiger partial charge in [0.05, 0.1) is 17.9 Å². The molecule has 0 saturated heterocycles. The maximum Gasteiger partial charge on any atom is 0.165 e. The first-order valence-corrected chi connectivity index (χ1v) is 12.3. The quantitative estimate of drug-likeness (QED) is 0.266. The Kier molecular flexibility index (Phi) is 8.42. The van der Waals surface area contributed by atoms with Crippen LogP contribution in [0.2, 0.25) is 0 Å². The van der Waals surface area contributed by atoms with Gasteiger partial charge in [0.15, 0.2) is 17.3 Å². The Bertz CT molecular complexity index is 1290. The number of nitrogens with one attached hydrogen (secondary N) is 2. The van der Waals surface area contributed by atoms with Gasteiger partial charge in [-0.1, -0.05) is 0 Å². The molecule has 0 spiro atoms. The molecule has 1 atom stereocenters. The number of fused-ring (bicyclic) bond motifs is 2. The molecule has 4 rings (SSSR count). The molecule has 0 fully saturated rings. The van der Waals surface area contributed by atoms with E-state index < -0.39 is 11.6 Å². The van der Waals surface area contributed by atoms with Gasteiger partial charge in [-0.3, -0.25) is 4.90 Å². The lowest BCUT2D eigenvalue weighted by molar-refractivity contribution is 0.0447. The van der Waals surface area contributed by atoms with Crippen LogP contribution in [-0.2, 0) is 17.7 Å². The molecule has 3 heterocycles. The highest BCUT2D eigenvalue weighted by Gasteiger charge is 2.18. The zero-order valence-electron chi connectivity index (χ0n) is 21.3. The molecule has 9 nitrogen and oxygen atoms in total. The van der Waals surface area contributed by atoms with Crippen molar-refractivity contribution < 1.29 is 13.5 Å². The van der Waals surface area contributed by atoms with Crippen LogP contribution in [0.4, 0.5) is 14.6 Å². The van der Waals surface area contributed by atoms with Crippen molar-refractivity contribution >= 4 is 28.0 Å². The van der Waals surface area contributed by atoms with Gasteiger partial charge < -0.3 is 19.6 Å². The fourth-order valence-electron chi connectivity index (χ4n) is 4.43. The number of imidazole rings is 2. The number of benzene rings is 1. The number of nitrogens with zero attached hydrogens (tertiary/aromatic N) is 6. The number of rotatable bonds is 13. The first-order valence-electron chi connectivity index (χ1n) is 12.3. The van der Waals surface area contributed by atoms with Gasteiger partial charge in [0, 0.05) is 45.8 Å². The molecule has 4 aromatic rings. The van der Waals surface area contributed by atoms with Crippen LogP contribution < -0.4 is 5.32 Å². The average Bonchev–Trinajstić information content (AvgIpc) is 3.46. The predicted octanol–water partition coefficient (Wildman–Crippen LogP) is 4.16. The molecular weight excluding hydrogens is 466 g/mol. The second-order valence-corrected chi connectivity index (χ2v) is 9.24. The summed E-state index contributed by atoms with van der Waals surface area (Å²) in [5.41, 5.74) is 2.15. The highest BCUT2D eigenvalue weighted by atomic mass is 19.1. The Labute approximate surface area is 209 Å². The van der Waals surface area contributed by atoms with Crippen LogP contribution in [0.15, 0.2) is 24.8 Å². The fraction of sp³-hybridized carbons (Fsp3) is 0.520. The third-order valence-electron chi connectivity index (χ3n) is 6.49. The summed E-state index contributed by atoms with van der Waals surface area (Å²) >= 11 is 0. The summed E-state index contributed by atoms with van der Waals surface area (Å²) in [6.07, 6.45) is 6.75. The van der Waals surface area contributed by atoms with Crippen LogP contribution in [0.25, 0.3) is 22.2 Å². The number of halogens is 2. The third kappa shape index (κ3) is 5.96. The van der Waals surface area contributed by atoms with E-state index in [1.165, 1.54) is 6.07 Å². The van der Waals surface area contributed by atoms with Crippen molar-refractivity contribution in [1.82, 2.24) is 34.4 Å². The van der Waals surface area contributed by atoms with Gasteiger partial charge in [-0.2, -0.15) is 0 Å². The van der Waals surface area contributed by atoms with E-state index in [0.717, 1.165) is 56.1 Å². The van der Waals surface area contributed by atoms with E-state index in [1.807, 2.05) is 11.6 Å². The molecule has 0 amide bonds. The van der Waals surface area contributed by atoms with Crippen molar-refractivity contribution in [1.29, 1.82) is 0 Å². The zero-order chi connectivity index (χ0) is 25.7. The van der Waals surface area contributed by atoms with E-state index in [4.69, 9.17) is 4.74 Å².